The Labute approximate surface area is 135 Å². The van der Waals surface area contributed by atoms with Crippen LogP contribution < -0.4 is 5.32 Å². The van der Waals surface area contributed by atoms with Crippen LogP contribution in [0, 0.1) is 23.5 Å². The smallest absolute Gasteiger partial charge is 0.226 e. The number of hydrogen-bond donors (Lipinski definition) is 1. The van der Waals surface area contributed by atoms with E-state index in [2.05, 4.69) is 5.32 Å². The molecule has 0 radical (unpaired) electrons. The number of likely N-dealkylation sites (tertiary alicyclic amines) is 1. The van der Waals surface area contributed by atoms with Crippen molar-refractivity contribution in [2.75, 3.05) is 26.7 Å². The van der Waals surface area contributed by atoms with E-state index in [-0.39, 0.29) is 30.2 Å². The molecule has 3 unspecified atom stereocenters. The van der Waals surface area contributed by atoms with Crippen molar-refractivity contribution in [3.05, 3.63) is 35.4 Å². The monoisotopic (exact) mass is 330 g/mol. The van der Waals surface area contributed by atoms with Crippen LogP contribution in [-0.4, -0.2) is 37.5 Å². The summed E-state index contributed by atoms with van der Waals surface area (Å²) in [5.41, 5.74) is 0.347. The van der Waals surface area contributed by atoms with Gasteiger partial charge in [-0.2, -0.15) is 0 Å². The lowest BCUT2D eigenvalue weighted by molar-refractivity contribution is -0.131. The highest BCUT2D eigenvalue weighted by atomic mass is 35.5. The van der Waals surface area contributed by atoms with Crippen molar-refractivity contribution in [2.45, 2.75) is 18.8 Å². The molecule has 1 aliphatic carbocycles. The highest BCUT2D eigenvalue weighted by molar-refractivity contribution is 5.85. The van der Waals surface area contributed by atoms with Crippen LogP contribution in [0.2, 0.25) is 0 Å². The van der Waals surface area contributed by atoms with Crippen LogP contribution in [0.1, 0.15) is 24.3 Å². The van der Waals surface area contributed by atoms with E-state index in [4.69, 9.17) is 0 Å². The zero-order chi connectivity index (χ0) is 15.0. The SMILES string of the molecule is CNCC1CCN(C(=O)C2CC2c2cccc(F)c2F)C1.Cl. The largest absolute Gasteiger partial charge is 0.342 e. The number of carbonyl (C=O) groups excluding carboxylic acids is 1. The van der Waals surface area contributed by atoms with E-state index in [1.807, 2.05) is 11.9 Å². The maximum atomic E-state index is 13.8. The van der Waals surface area contributed by atoms with Crippen molar-refractivity contribution >= 4 is 18.3 Å². The van der Waals surface area contributed by atoms with E-state index in [0.717, 1.165) is 32.1 Å². The van der Waals surface area contributed by atoms with Crippen LogP contribution in [0.3, 0.4) is 0 Å². The van der Waals surface area contributed by atoms with Gasteiger partial charge in [0.05, 0.1) is 0 Å². The molecule has 1 aliphatic heterocycles. The van der Waals surface area contributed by atoms with Gasteiger partial charge in [0.25, 0.3) is 0 Å². The Bertz CT molecular complexity index is 555. The van der Waals surface area contributed by atoms with Gasteiger partial charge < -0.3 is 10.2 Å². The number of carbonyl (C=O) groups is 1. The van der Waals surface area contributed by atoms with Gasteiger partial charge in [-0.3, -0.25) is 4.79 Å². The van der Waals surface area contributed by atoms with Gasteiger partial charge in [-0.1, -0.05) is 12.1 Å². The zero-order valence-electron chi connectivity index (χ0n) is 12.5. The number of amides is 1. The lowest BCUT2D eigenvalue weighted by atomic mass is 10.1. The number of nitrogens with zero attached hydrogens (tertiary/aromatic N) is 1. The minimum absolute atomic E-state index is 0. The average molecular weight is 331 g/mol. The summed E-state index contributed by atoms with van der Waals surface area (Å²) < 4.78 is 27.0. The fourth-order valence-electron chi connectivity index (χ4n) is 3.34. The van der Waals surface area contributed by atoms with Gasteiger partial charge in [-0.25, -0.2) is 8.78 Å². The predicted octanol–water partition coefficient (Wildman–Crippen LogP) is 2.56. The second kappa shape index (κ2) is 6.92. The Morgan fingerprint density at radius 3 is 2.91 bits per heavy atom. The Morgan fingerprint density at radius 1 is 1.41 bits per heavy atom. The molecule has 0 aromatic heterocycles. The van der Waals surface area contributed by atoms with E-state index in [9.17, 15) is 13.6 Å². The Kier molecular flexibility index (Phi) is 5.40. The molecule has 1 saturated heterocycles. The molecule has 3 rings (SSSR count). The van der Waals surface area contributed by atoms with Gasteiger partial charge in [0.1, 0.15) is 0 Å². The van der Waals surface area contributed by atoms with Crippen LogP contribution in [-0.2, 0) is 4.79 Å². The van der Waals surface area contributed by atoms with Gasteiger partial charge in [-0.15, -0.1) is 12.4 Å². The molecule has 1 amide bonds. The second-order valence-electron chi connectivity index (χ2n) is 6.09. The third-order valence-corrected chi connectivity index (χ3v) is 4.58. The molecule has 3 atom stereocenters. The summed E-state index contributed by atoms with van der Waals surface area (Å²) in [5.74, 6) is -1.36. The number of hydrogen-bond acceptors (Lipinski definition) is 2. The normalized spacial score (nSPS) is 26.7. The Morgan fingerprint density at radius 2 is 2.18 bits per heavy atom. The first-order valence-corrected chi connectivity index (χ1v) is 7.49. The van der Waals surface area contributed by atoms with E-state index < -0.39 is 11.6 Å². The van der Waals surface area contributed by atoms with Gasteiger partial charge in [0, 0.05) is 19.0 Å². The summed E-state index contributed by atoms with van der Waals surface area (Å²) in [4.78, 5) is 14.3. The molecule has 6 heteroatoms. The molecule has 1 aromatic carbocycles. The highest BCUT2D eigenvalue weighted by Crippen LogP contribution is 2.49. The van der Waals surface area contributed by atoms with Crippen molar-refractivity contribution in [3.8, 4) is 0 Å². The van der Waals surface area contributed by atoms with Crippen molar-refractivity contribution in [3.63, 3.8) is 0 Å². The van der Waals surface area contributed by atoms with Gasteiger partial charge in [0.15, 0.2) is 11.6 Å². The molecule has 2 aliphatic rings. The number of nitrogens with one attached hydrogen (secondary N) is 1. The summed E-state index contributed by atoms with van der Waals surface area (Å²) in [5, 5.41) is 3.13. The number of benzene rings is 1. The quantitative estimate of drug-likeness (QED) is 0.920. The van der Waals surface area contributed by atoms with Gasteiger partial charge >= 0.3 is 0 Å². The van der Waals surface area contributed by atoms with Crippen LogP contribution in [0.15, 0.2) is 18.2 Å². The summed E-state index contributed by atoms with van der Waals surface area (Å²) in [6.45, 7) is 2.46. The maximum Gasteiger partial charge on any atom is 0.226 e. The molecule has 122 valence electrons. The molecular weight excluding hydrogens is 310 g/mol. The molecule has 2 fully saturated rings. The van der Waals surface area contributed by atoms with Crippen LogP contribution in [0.5, 0.6) is 0 Å². The van der Waals surface area contributed by atoms with E-state index in [1.165, 1.54) is 6.07 Å². The minimum atomic E-state index is -0.833. The van der Waals surface area contributed by atoms with Crippen LogP contribution in [0.4, 0.5) is 8.78 Å². The van der Waals surface area contributed by atoms with Crippen molar-refractivity contribution in [2.24, 2.45) is 11.8 Å². The molecule has 22 heavy (non-hydrogen) atoms. The van der Waals surface area contributed by atoms with Gasteiger partial charge in [0.2, 0.25) is 5.91 Å². The van der Waals surface area contributed by atoms with Crippen LogP contribution in [0.25, 0.3) is 0 Å². The summed E-state index contributed by atoms with van der Waals surface area (Å²) >= 11 is 0. The highest BCUT2D eigenvalue weighted by Gasteiger charge is 2.48. The van der Waals surface area contributed by atoms with E-state index >= 15 is 0 Å². The van der Waals surface area contributed by atoms with Gasteiger partial charge in [-0.05, 0) is 49.9 Å². The Balaban J connectivity index is 0.00000176. The molecule has 1 saturated carbocycles. The standard InChI is InChI=1S/C16H20F2N2O.ClH/c1-19-8-10-5-6-20(9-10)16(21)13-7-12(13)11-3-2-4-14(17)15(11)18;/h2-4,10,12-13,19H,5-9H2,1H3;1H. The fraction of sp³-hybridized carbons (Fsp3) is 0.562. The molecule has 0 spiro atoms. The summed E-state index contributed by atoms with van der Waals surface area (Å²) in [7, 11) is 1.91. The van der Waals surface area contributed by atoms with E-state index in [1.54, 1.807) is 6.07 Å². The minimum Gasteiger partial charge on any atom is -0.342 e. The molecule has 1 N–H and O–H groups in total. The third-order valence-electron chi connectivity index (χ3n) is 4.58. The third kappa shape index (κ3) is 3.25. The number of halogens is 3. The maximum absolute atomic E-state index is 13.8. The number of rotatable bonds is 4. The fourth-order valence-corrected chi connectivity index (χ4v) is 3.34. The second-order valence-corrected chi connectivity index (χ2v) is 6.09. The van der Waals surface area contributed by atoms with Crippen LogP contribution >= 0.6 is 12.4 Å². The summed E-state index contributed by atoms with van der Waals surface area (Å²) in [6, 6.07) is 4.21. The molecule has 3 nitrogen and oxygen atoms in total. The van der Waals surface area contributed by atoms with E-state index in [0.29, 0.717) is 17.9 Å². The lowest BCUT2D eigenvalue weighted by Gasteiger charge is -2.16. The average Bonchev–Trinajstić information content (AvgIpc) is 3.12. The zero-order valence-corrected chi connectivity index (χ0v) is 13.3. The summed E-state index contributed by atoms with van der Waals surface area (Å²) in [6.07, 6.45) is 1.64. The first-order valence-electron chi connectivity index (χ1n) is 7.49. The lowest BCUT2D eigenvalue weighted by Crippen LogP contribution is -2.31. The predicted molar refractivity (Wildman–Crippen MR) is 83.1 cm³/mol. The molecule has 0 bridgehead atoms. The first-order chi connectivity index (χ1) is 10.1. The molecule has 1 heterocycles. The van der Waals surface area contributed by atoms with Crippen molar-refractivity contribution < 1.29 is 13.6 Å². The van der Waals surface area contributed by atoms with Crippen molar-refractivity contribution in [1.82, 2.24) is 10.2 Å². The first kappa shape index (κ1) is 17.2. The topological polar surface area (TPSA) is 32.3 Å². The molecular formula is C16H21ClF2N2O. The van der Waals surface area contributed by atoms with Crippen molar-refractivity contribution in [1.29, 1.82) is 0 Å². The Hall–Kier alpha value is -1.20. The molecule has 1 aromatic rings.